The number of methoxy groups -OCH3 is 1. The minimum atomic E-state index is -1.17. The fourth-order valence-electron chi connectivity index (χ4n) is 1.61. The van der Waals surface area contributed by atoms with Gasteiger partial charge in [0.25, 0.3) is 0 Å². The molecule has 2 atom stereocenters. The Labute approximate surface area is 111 Å². The van der Waals surface area contributed by atoms with Gasteiger partial charge in [0.15, 0.2) is 0 Å². The maximum Gasteiger partial charge on any atom is 0.306 e. The SMILES string of the molecule is COC(=O)CC(C)S(=O)c1ccc(C(C)C)cc1. The van der Waals surface area contributed by atoms with E-state index < -0.39 is 10.8 Å². The highest BCUT2D eigenvalue weighted by Crippen LogP contribution is 2.19. The lowest BCUT2D eigenvalue weighted by atomic mass is 10.0. The lowest BCUT2D eigenvalue weighted by molar-refractivity contribution is -0.140. The van der Waals surface area contributed by atoms with Crippen LogP contribution in [0.4, 0.5) is 0 Å². The molecule has 0 radical (unpaired) electrons. The quantitative estimate of drug-likeness (QED) is 0.771. The van der Waals surface area contributed by atoms with E-state index in [0.29, 0.717) is 5.92 Å². The van der Waals surface area contributed by atoms with E-state index in [0.717, 1.165) is 4.90 Å². The van der Waals surface area contributed by atoms with Crippen LogP contribution in [0.25, 0.3) is 0 Å². The second-order valence-corrected chi connectivity index (χ2v) is 6.48. The Morgan fingerprint density at radius 1 is 1.22 bits per heavy atom. The molecule has 0 bridgehead atoms. The van der Waals surface area contributed by atoms with E-state index in [1.54, 1.807) is 6.92 Å². The summed E-state index contributed by atoms with van der Waals surface area (Å²) in [7, 11) is 0.170. The zero-order valence-corrected chi connectivity index (χ0v) is 12.1. The molecule has 1 rings (SSSR count). The van der Waals surface area contributed by atoms with Gasteiger partial charge >= 0.3 is 5.97 Å². The Bertz CT molecular complexity index is 423. The molecule has 0 aliphatic carbocycles. The van der Waals surface area contributed by atoms with Crippen molar-refractivity contribution in [1.82, 2.24) is 0 Å². The molecule has 2 unspecified atom stereocenters. The molecule has 0 saturated heterocycles. The van der Waals surface area contributed by atoms with Crippen molar-refractivity contribution in [2.45, 2.75) is 43.3 Å². The molecule has 0 aliphatic rings. The maximum atomic E-state index is 12.2. The molecular weight excluding hydrogens is 248 g/mol. The van der Waals surface area contributed by atoms with Crippen LogP contribution < -0.4 is 0 Å². The van der Waals surface area contributed by atoms with E-state index >= 15 is 0 Å². The number of hydrogen-bond donors (Lipinski definition) is 0. The molecule has 100 valence electrons. The van der Waals surface area contributed by atoms with Crippen LogP contribution in [-0.2, 0) is 20.3 Å². The Hall–Kier alpha value is -1.16. The molecule has 0 heterocycles. The number of benzene rings is 1. The summed E-state index contributed by atoms with van der Waals surface area (Å²) in [5.41, 5.74) is 1.22. The molecule has 3 nitrogen and oxygen atoms in total. The smallest absolute Gasteiger partial charge is 0.306 e. The lowest BCUT2D eigenvalue weighted by Gasteiger charge is -2.11. The van der Waals surface area contributed by atoms with Crippen LogP contribution >= 0.6 is 0 Å². The van der Waals surface area contributed by atoms with Crippen molar-refractivity contribution < 1.29 is 13.7 Å². The summed E-state index contributed by atoms with van der Waals surface area (Å²) in [5.74, 6) is 0.134. The normalized spacial score (nSPS) is 14.3. The van der Waals surface area contributed by atoms with Crippen molar-refractivity contribution in [3.05, 3.63) is 29.8 Å². The van der Waals surface area contributed by atoms with Crippen LogP contribution in [0.1, 0.15) is 38.7 Å². The minimum absolute atomic E-state index is 0.176. The Balaban J connectivity index is 2.74. The topological polar surface area (TPSA) is 43.4 Å². The van der Waals surface area contributed by atoms with Gasteiger partial charge in [0, 0.05) is 10.1 Å². The molecule has 4 heteroatoms. The highest BCUT2D eigenvalue weighted by molar-refractivity contribution is 7.85. The van der Waals surface area contributed by atoms with Gasteiger partial charge in [0.1, 0.15) is 0 Å². The average Bonchev–Trinajstić information content (AvgIpc) is 2.37. The van der Waals surface area contributed by atoms with Crippen LogP contribution in [-0.4, -0.2) is 22.5 Å². The number of carbonyl (C=O) groups is 1. The van der Waals surface area contributed by atoms with Gasteiger partial charge in [-0.3, -0.25) is 9.00 Å². The molecule has 18 heavy (non-hydrogen) atoms. The first-order chi connectivity index (χ1) is 8.45. The van der Waals surface area contributed by atoms with Crippen molar-refractivity contribution >= 4 is 16.8 Å². The van der Waals surface area contributed by atoms with E-state index in [9.17, 15) is 9.00 Å². The number of rotatable bonds is 5. The Morgan fingerprint density at radius 2 is 1.78 bits per heavy atom. The van der Waals surface area contributed by atoms with Crippen molar-refractivity contribution in [2.75, 3.05) is 7.11 Å². The van der Waals surface area contributed by atoms with Gasteiger partial charge in [0.05, 0.1) is 24.3 Å². The van der Waals surface area contributed by atoms with E-state index in [1.165, 1.54) is 12.7 Å². The van der Waals surface area contributed by atoms with Crippen molar-refractivity contribution in [3.8, 4) is 0 Å². The highest BCUT2D eigenvalue weighted by Gasteiger charge is 2.17. The molecule has 1 aromatic rings. The summed E-state index contributed by atoms with van der Waals surface area (Å²) in [4.78, 5) is 11.9. The van der Waals surface area contributed by atoms with Crippen molar-refractivity contribution in [2.24, 2.45) is 0 Å². The van der Waals surface area contributed by atoms with Gasteiger partial charge in [-0.05, 0) is 30.5 Å². The number of ether oxygens (including phenoxy) is 1. The molecule has 0 amide bonds. The molecule has 0 spiro atoms. The first-order valence-corrected chi connectivity index (χ1v) is 7.24. The molecule has 0 aliphatic heterocycles. The molecular formula is C14H20O3S. The van der Waals surface area contributed by atoms with Crippen LogP contribution in [0.5, 0.6) is 0 Å². The average molecular weight is 268 g/mol. The minimum Gasteiger partial charge on any atom is -0.469 e. The van der Waals surface area contributed by atoms with Crippen molar-refractivity contribution in [3.63, 3.8) is 0 Å². The molecule has 0 aromatic heterocycles. The van der Waals surface area contributed by atoms with Crippen LogP contribution in [0, 0.1) is 0 Å². The maximum absolute atomic E-state index is 12.2. The molecule has 0 saturated carbocycles. The van der Waals surface area contributed by atoms with Gasteiger partial charge in [-0.25, -0.2) is 0 Å². The van der Waals surface area contributed by atoms with E-state index in [1.807, 2.05) is 24.3 Å². The zero-order valence-electron chi connectivity index (χ0n) is 11.3. The second-order valence-electron chi connectivity index (χ2n) is 4.61. The number of hydrogen-bond acceptors (Lipinski definition) is 3. The summed E-state index contributed by atoms with van der Waals surface area (Å²) >= 11 is 0. The molecule has 0 fully saturated rings. The Morgan fingerprint density at radius 3 is 2.22 bits per heavy atom. The first-order valence-electron chi connectivity index (χ1n) is 6.03. The summed E-state index contributed by atoms with van der Waals surface area (Å²) in [6, 6.07) is 7.73. The summed E-state index contributed by atoms with van der Waals surface area (Å²) in [5, 5.41) is -0.234. The van der Waals surface area contributed by atoms with E-state index in [2.05, 4.69) is 18.6 Å². The Kier molecular flexibility index (Phi) is 5.54. The fraction of sp³-hybridized carbons (Fsp3) is 0.500. The third-order valence-electron chi connectivity index (χ3n) is 2.83. The lowest BCUT2D eigenvalue weighted by Crippen LogP contribution is -2.17. The third-order valence-corrected chi connectivity index (χ3v) is 4.46. The van der Waals surface area contributed by atoms with Gasteiger partial charge in [-0.15, -0.1) is 0 Å². The van der Waals surface area contributed by atoms with Crippen LogP contribution in [0.2, 0.25) is 0 Å². The molecule has 1 aromatic carbocycles. The van der Waals surface area contributed by atoms with Crippen LogP contribution in [0.15, 0.2) is 29.2 Å². The number of carbonyl (C=O) groups excluding carboxylic acids is 1. The summed E-state index contributed by atoms with van der Waals surface area (Å²) < 4.78 is 16.8. The molecule has 0 N–H and O–H groups in total. The van der Waals surface area contributed by atoms with E-state index in [4.69, 9.17) is 0 Å². The summed E-state index contributed by atoms with van der Waals surface area (Å²) in [6.45, 7) is 6.03. The van der Waals surface area contributed by atoms with Crippen LogP contribution in [0.3, 0.4) is 0 Å². The van der Waals surface area contributed by atoms with Gasteiger partial charge < -0.3 is 4.74 Å². The van der Waals surface area contributed by atoms with Gasteiger partial charge in [-0.2, -0.15) is 0 Å². The van der Waals surface area contributed by atoms with Crippen molar-refractivity contribution in [1.29, 1.82) is 0 Å². The third kappa shape index (κ3) is 3.95. The van der Waals surface area contributed by atoms with E-state index in [-0.39, 0.29) is 17.6 Å². The monoisotopic (exact) mass is 268 g/mol. The number of esters is 1. The standard InChI is InChI=1S/C14H20O3S/c1-10(2)12-5-7-13(8-6-12)18(16)11(3)9-14(15)17-4/h5-8,10-11H,9H2,1-4H3. The zero-order chi connectivity index (χ0) is 13.7. The second kappa shape index (κ2) is 6.69. The largest absolute Gasteiger partial charge is 0.469 e. The summed E-state index contributed by atoms with van der Waals surface area (Å²) in [6.07, 6.45) is 0.176. The highest BCUT2D eigenvalue weighted by atomic mass is 32.2. The predicted octanol–water partition coefficient (Wildman–Crippen LogP) is 2.87. The fourth-order valence-corrected chi connectivity index (χ4v) is 2.77. The van der Waals surface area contributed by atoms with Gasteiger partial charge in [-0.1, -0.05) is 26.0 Å². The first kappa shape index (κ1) is 14.9. The predicted molar refractivity (Wildman–Crippen MR) is 73.0 cm³/mol. The van der Waals surface area contributed by atoms with Gasteiger partial charge in [0.2, 0.25) is 0 Å².